The molecular weight excluding hydrogens is 454 g/mol. The summed E-state index contributed by atoms with van der Waals surface area (Å²) in [4.78, 5) is 1.59. The summed E-state index contributed by atoms with van der Waals surface area (Å²) in [6, 6.07) is 3.95. The van der Waals surface area contributed by atoms with E-state index in [2.05, 4.69) is 5.16 Å². The second-order valence-corrected chi connectivity index (χ2v) is 13.1. The Morgan fingerprint density at radius 2 is 1.50 bits per heavy atom. The first kappa shape index (κ1) is 22.7. The molecule has 1 aliphatic rings. The summed E-state index contributed by atoms with van der Waals surface area (Å²) in [5.74, 6) is 0.214. The number of hydrogen-bond donors (Lipinski definition) is 0. The minimum Gasteiger partial charge on any atom is -0.368 e. The van der Waals surface area contributed by atoms with E-state index < -0.39 is 29.7 Å². The number of anilines is 1. The summed E-state index contributed by atoms with van der Waals surface area (Å²) in [5.41, 5.74) is 0.630. The maximum atomic E-state index is 13.0. The van der Waals surface area contributed by atoms with Crippen molar-refractivity contribution in [1.29, 1.82) is 0 Å². The molecule has 30 heavy (non-hydrogen) atoms. The van der Waals surface area contributed by atoms with Gasteiger partial charge in [-0.2, -0.15) is 4.31 Å². The van der Waals surface area contributed by atoms with Gasteiger partial charge in [-0.25, -0.2) is 25.3 Å². The quantitative estimate of drug-likeness (QED) is 0.607. The van der Waals surface area contributed by atoms with Crippen LogP contribution in [0.5, 0.6) is 0 Å². The number of sulfone groups is 2. The molecule has 1 saturated heterocycles. The molecular formula is C17H23N3O7S3. The molecule has 0 spiro atoms. The lowest BCUT2D eigenvalue weighted by atomic mass is 10.2. The van der Waals surface area contributed by atoms with Crippen molar-refractivity contribution in [2.75, 3.05) is 43.6 Å². The lowest BCUT2D eigenvalue weighted by molar-refractivity contribution is 0.378. The highest BCUT2D eigenvalue weighted by molar-refractivity contribution is 7.91. The van der Waals surface area contributed by atoms with E-state index >= 15 is 0 Å². The third-order valence-corrected chi connectivity index (χ3v) is 9.28. The van der Waals surface area contributed by atoms with E-state index in [0.29, 0.717) is 5.69 Å². The van der Waals surface area contributed by atoms with Crippen molar-refractivity contribution in [3.63, 3.8) is 0 Å². The van der Waals surface area contributed by atoms with Gasteiger partial charge in [0, 0.05) is 38.7 Å². The monoisotopic (exact) mass is 477 g/mol. The first-order valence-corrected chi connectivity index (χ1v) is 14.2. The van der Waals surface area contributed by atoms with Crippen LogP contribution >= 0.6 is 0 Å². The Morgan fingerprint density at radius 1 is 0.900 bits per heavy atom. The van der Waals surface area contributed by atoms with E-state index in [0.717, 1.165) is 18.6 Å². The first-order valence-electron chi connectivity index (χ1n) is 8.95. The number of piperazine rings is 1. The Kier molecular flexibility index (Phi) is 5.77. The fraction of sp³-hybridized carbons (Fsp3) is 0.471. The van der Waals surface area contributed by atoms with Crippen LogP contribution in [0.15, 0.2) is 37.4 Å². The molecule has 0 radical (unpaired) electrons. The molecule has 0 aliphatic carbocycles. The van der Waals surface area contributed by atoms with Crippen LogP contribution in [-0.4, -0.2) is 73.4 Å². The van der Waals surface area contributed by atoms with Gasteiger partial charge in [-0.05, 0) is 32.0 Å². The average molecular weight is 478 g/mol. The number of rotatable bonds is 5. The maximum absolute atomic E-state index is 13.0. The highest BCUT2D eigenvalue weighted by Gasteiger charge is 2.34. The smallest absolute Gasteiger partial charge is 0.248 e. The fourth-order valence-corrected chi connectivity index (χ4v) is 6.78. The number of aromatic nitrogens is 1. The summed E-state index contributed by atoms with van der Waals surface area (Å²) in [7, 11) is -11.1. The van der Waals surface area contributed by atoms with Gasteiger partial charge >= 0.3 is 0 Å². The molecule has 0 amide bonds. The zero-order valence-corrected chi connectivity index (χ0v) is 19.4. The van der Waals surface area contributed by atoms with Crippen LogP contribution in [0, 0.1) is 13.8 Å². The summed E-state index contributed by atoms with van der Waals surface area (Å²) in [6.45, 7) is 3.83. The predicted molar refractivity (Wildman–Crippen MR) is 110 cm³/mol. The van der Waals surface area contributed by atoms with Gasteiger partial charge in [-0.1, -0.05) is 5.16 Å². The largest absolute Gasteiger partial charge is 0.368 e. The van der Waals surface area contributed by atoms with Gasteiger partial charge in [0.05, 0.1) is 15.5 Å². The first-order chi connectivity index (χ1) is 13.7. The highest BCUT2D eigenvalue weighted by Crippen LogP contribution is 2.30. The molecule has 10 nitrogen and oxygen atoms in total. The summed E-state index contributed by atoms with van der Waals surface area (Å²) in [6.07, 6.45) is 2.02. The van der Waals surface area contributed by atoms with Crippen LogP contribution in [-0.2, 0) is 29.7 Å². The SMILES string of the molecule is Cc1noc(C)c1S(=O)(=O)N1CCN(c2ccc(S(C)(=O)=O)cc2S(C)(=O)=O)CC1. The van der Waals surface area contributed by atoms with Crippen molar-refractivity contribution in [1.82, 2.24) is 9.46 Å². The molecule has 1 aliphatic heterocycles. The van der Waals surface area contributed by atoms with Gasteiger partial charge in [0.25, 0.3) is 0 Å². The van der Waals surface area contributed by atoms with E-state index in [-0.39, 0.29) is 52.3 Å². The van der Waals surface area contributed by atoms with Crippen LogP contribution in [0.4, 0.5) is 5.69 Å². The standard InChI is InChI=1S/C17H23N3O7S3/c1-12-17(13(2)27-18-12)30(25,26)20-9-7-19(8-10-20)15-6-5-14(28(3,21)22)11-16(15)29(4,23)24/h5-6,11H,7-10H2,1-4H3. The van der Waals surface area contributed by atoms with Gasteiger partial charge in [-0.15, -0.1) is 0 Å². The molecule has 1 aromatic heterocycles. The van der Waals surface area contributed by atoms with Crippen molar-refractivity contribution < 1.29 is 29.8 Å². The van der Waals surface area contributed by atoms with Crippen molar-refractivity contribution in [3.8, 4) is 0 Å². The Labute approximate surface area is 176 Å². The fourth-order valence-electron chi connectivity index (χ4n) is 3.42. The van der Waals surface area contributed by atoms with Crippen LogP contribution < -0.4 is 4.90 Å². The van der Waals surface area contributed by atoms with E-state index in [4.69, 9.17) is 4.52 Å². The third-order valence-electron chi connectivity index (χ3n) is 4.90. The zero-order valence-electron chi connectivity index (χ0n) is 17.0. The number of aryl methyl sites for hydroxylation is 2. The predicted octanol–water partition coefficient (Wildman–Crippen LogP) is 0.609. The minimum atomic E-state index is -3.80. The van der Waals surface area contributed by atoms with E-state index in [1.54, 1.807) is 11.8 Å². The molecule has 0 atom stereocenters. The van der Waals surface area contributed by atoms with Crippen molar-refractivity contribution >= 4 is 35.4 Å². The topological polar surface area (TPSA) is 135 Å². The second-order valence-electron chi connectivity index (χ2n) is 7.22. The minimum absolute atomic E-state index is 0.0466. The number of nitrogens with zero attached hydrogens (tertiary/aromatic N) is 3. The Morgan fingerprint density at radius 3 is 1.97 bits per heavy atom. The second kappa shape index (κ2) is 7.62. The molecule has 1 fully saturated rings. The van der Waals surface area contributed by atoms with Gasteiger partial charge in [0.2, 0.25) is 10.0 Å². The molecule has 0 bridgehead atoms. The van der Waals surface area contributed by atoms with Crippen molar-refractivity contribution in [3.05, 3.63) is 29.7 Å². The van der Waals surface area contributed by atoms with E-state index in [1.165, 1.54) is 23.4 Å². The summed E-state index contributed by atoms with van der Waals surface area (Å²) in [5, 5.41) is 3.70. The molecule has 3 rings (SSSR count). The Hall–Kier alpha value is -1.96. The third kappa shape index (κ3) is 4.24. The molecule has 166 valence electrons. The lowest BCUT2D eigenvalue weighted by Gasteiger charge is -2.36. The maximum Gasteiger partial charge on any atom is 0.248 e. The van der Waals surface area contributed by atoms with Gasteiger partial charge in [0.1, 0.15) is 10.6 Å². The highest BCUT2D eigenvalue weighted by atomic mass is 32.2. The van der Waals surface area contributed by atoms with Gasteiger partial charge in [-0.3, -0.25) is 0 Å². The molecule has 2 heterocycles. The molecule has 2 aromatic rings. The number of hydrogen-bond acceptors (Lipinski definition) is 9. The summed E-state index contributed by atoms with van der Waals surface area (Å²) < 4.78 is 80.4. The van der Waals surface area contributed by atoms with Gasteiger partial charge in [0.15, 0.2) is 25.4 Å². The van der Waals surface area contributed by atoms with Crippen LogP contribution in [0.3, 0.4) is 0 Å². The Bertz CT molecular complexity index is 1270. The Balaban J connectivity index is 1.90. The molecule has 0 N–H and O–H groups in total. The molecule has 13 heteroatoms. The van der Waals surface area contributed by atoms with E-state index in [1.807, 2.05) is 0 Å². The molecule has 0 unspecified atom stereocenters. The van der Waals surface area contributed by atoms with Crippen molar-refractivity contribution in [2.45, 2.75) is 28.5 Å². The zero-order chi connectivity index (χ0) is 22.5. The van der Waals surface area contributed by atoms with Crippen LogP contribution in [0.2, 0.25) is 0 Å². The normalized spacial score (nSPS) is 16.7. The van der Waals surface area contributed by atoms with Crippen LogP contribution in [0.25, 0.3) is 0 Å². The molecule has 0 saturated carbocycles. The average Bonchev–Trinajstić information content (AvgIpc) is 2.99. The lowest BCUT2D eigenvalue weighted by Crippen LogP contribution is -2.49. The number of benzene rings is 1. The van der Waals surface area contributed by atoms with E-state index in [9.17, 15) is 25.3 Å². The summed E-state index contributed by atoms with van der Waals surface area (Å²) >= 11 is 0. The van der Waals surface area contributed by atoms with Crippen LogP contribution in [0.1, 0.15) is 11.5 Å². The number of sulfonamides is 1. The molecule has 1 aromatic carbocycles. The van der Waals surface area contributed by atoms with Crippen molar-refractivity contribution in [2.24, 2.45) is 0 Å². The van der Waals surface area contributed by atoms with Gasteiger partial charge < -0.3 is 9.42 Å².